The van der Waals surface area contributed by atoms with Gasteiger partial charge in [-0.15, -0.1) is 0 Å². The molecule has 0 N–H and O–H groups in total. The van der Waals surface area contributed by atoms with Gasteiger partial charge in [-0.25, -0.2) is 0 Å². The summed E-state index contributed by atoms with van der Waals surface area (Å²) in [4.78, 5) is 11.8. The zero-order chi connectivity index (χ0) is 12.7. The van der Waals surface area contributed by atoms with Crippen LogP contribution in [0.3, 0.4) is 0 Å². The smallest absolute Gasteiger partial charge is 0.165 e. The highest BCUT2D eigenvalue weighted by molar-refractivity contribution is 5.97. The lowest BCUT2D eigenvalue weighted by atomic mass is 9.98. The second-order valence-electron chi connectivity index (χ2n) is 5.03. The average Bonchev–Trinajstić information content (AvgIpc) is 2.34. The predicted octanol–water partition coefficient (Wildman–Crippen LogP) is 4.65. The van der Waals surface area contributed by atoms with Crippen molar-refractivity contribution in [1.82, 2.24) is 0 Å². The normalized spacial score (nSPS) is 10.8. The van der Waals surface area contributed by atoms with Crippen LogP contribution in [0.5, 0.6) is 0 Å². The molecule has 17 heavy (non-hydrogen) atoms. The lowest BCUT2D eigenvalue weighted by molar-refractivity contribution is 0.0939. The molecule has 0 saturated heterocycles. The molecule has 0 fully saturated rings. The number of hydrogen-bond acceptors (Lipinski definition) is 1. The van der Waals surface area contributed by atoms with Gasteiger partial charge in [0.05, 0.1) is 0 Å². The van der Waals surface area contributed by atoms with Crippen molar-refractivity contribution in [3.8, 4) is 0 Å². The van der Waals surface area contributed by atoms with Crippen LogP contribution < -0.4 is 0 Å². The van der Waals surface area contributed by atoms with E-state index in [-0.39, 0.29) is 11.7 Å². The van der Waals surface area contributed by atoms with Crippen molar-refractivity contribution in [2.75, 3.05) is 0 Å². The van der Waals surface area contributed by atoms with Crippen LogP contribution in [-0.4, -0.2) is 5.78 Å². The molecule has 1 aromatic rings. The zero-order valence-electron chi connectivity index (χ0n) is 11.3. The van der Waals surface area contributed by atoms with E-state index < -0.39 is 0 Å². The molecule has 1 heteroatoms. The van der Waals surface area contributed by atoms with Crippen molar-refractivity contribution in [1.29, 1.82) is 0 Å². The molecule has 0 atom stereocenters. The average molecular weight is 232 g/mol. The molecule has 0 aliphatic rings. The van der Waals surface area contributed by atoms with Gasteiger partial charge >= 0.3 is 0 Å². The minimum Gasteiger partial charge on any atom is -0.294 e. The van der Waals surface area contributed by atoms with Gasteiger partial charge in [-0.3, -0.25) is 4.79 Å². The molecule has 0 aliphatic heterocycles. The number of unbranched alkanes of at least 4 members (excludes halogenated alkanes) is 3. The Morgan fingerprint density at radius 2 is 1.71 bits per heavy atom. The molecule has 1 aromatic carbocycles. The summed E-state index contributed by atoms with van der Waals surface area (Å²) in [6.45, 7) is 6.12. The van der Waals surface area contributed by atoms with Gasteiger partial charge in [0.25, 0.3) is 0 Å². The molecule has 0 heterocycles. The van der Waals surface area contributed by atoms with Crippen LogP contribution in [0.15, 0.2) is 24.3 Å². The summed E-state index contributed by atoms with van der Waals surface area (Å²) in [6.07, 6.45) is 6.30. The van der Waals surface area contributed by atoms with Crippen molar-refractivity contribution in [3.63, 3.8) is 0 Å². The van der Waals surface area contributed by atoms with E-state index in [9.17, 15) is 4.79 Å². The molecular weight excluding hydrogens is 208 g/mol. The van der Waals surface area contributed by atoms with Crippen molar-refractivity contribution in [3.05, 3.63) is 35.4 Å². The Morgan fingerprint density at radius 1 is 1.06 bits per heavy atom. The molecule has 0 radical (unpaired) electrons. The summed E-state index contributed by atoms with van der Waals surface area (Å²) in [5, 5.41) is 0. The first-order valence-corrected chi connectivity index (χ1v) is 6.78. The molecule has 0 bridgehead atoms. The SMILES string of the molecule is CCCCCCc1ccc(C(=O)C(C)C)cc1. The van der Waals surface area contributed by atoms with Crippen LogP contribution >= 0.6 is 0 Å². The van der Waals surface area contributed by atoms with E-state index in [4.69, 9.17) is 0 Å². The maximum absolute atomic E-state index is 11.8. The van der Waals surface area contributed by atoms with Gasteiger partial charge in [-0.2, -0.15) is 0 Å². The fourth-order valence-electron chi connectivity index (χ4n) is 1.92. The number of ketones is 1. The Morgan fingerprint density at radius 3 is 2.24 bits per heavy atom. The molecule has 94 valence electrons. The Hall–Kier alpha value is -1.11. The largest absolute Gasteiger partial charge is 0.294 e. The van der Waals surface area contributed by atoms with Gasteiger partial charge in [0, 0.05) is 11.5 Å². The number of hydrogen-bond donors (Lipinski definition) is 0. The van der Waals surface area contributed by atoms with Gasteiger partial charge in [0.15, 0.2) is 5.78 Å². The minimum atomic E-state index is 0.0883. The highest BCUT2D eigenvalue weighted by atomic mass is 16.1. The summed E-state index contributed by atoms with van der Waals surface area (Å²) in [6, 6.07) is 8.14. The molecule has 0 aromatic heterocycles. The maximum atomic E-state index is 11.8. The molecule has 0 saturated carbocycles. The lowest BCUT2D eigenvalue weighted by Gasteiger charge is -2.06. The maximum Gasteiger partial charge on any atom is 0.165 e. The van der Waals surface area contributed by atoms with E-state index in [1.165, 1.54) is 31.2 Å². The minimum absolute atomic E-state index is 0.0883. The zero-order valence-corrected chi connectivity index (χ0v) is 11.3. The van der Waals surface area contributed by atoms with Crippen LogP contribution in [0.4, 0.5) is 0 Å². The van der Waals surface area contributed by atoms with Gasteiger partial charge < -0.3 is 0 Å². The third kappa shape index (κ3) is 4.72. The summed E-state index contributed by atoms with van der Waals surface area (Å²) in [7, 11) is 0. The quantitative estimate of drug-likeness (QED) is 0.494. The van der Waals surface area contributed by atoms with E-state index in [2.05, 4.69) is 19.1 Å². The van der Waals surface area contributed by atoms with Crippen molar-refractivity contribution in [2.45, 2.75) is 52.9 Å². The highest BCUT2D eigenvalue weighted by Gasteiger charge is 2.09. The summed E-state index contributed by atoms with van der Waals surface area (Å²) < 4.78 is 0. The number of Topliss-reactive ketones (excluding diaryl/α,β-unsaturated/α-hetero) is 1. The molecule has 0 spiro atoms. The molecule has 1 rings (SSSR count). The number of aryl methyl sites for hydroxylation is 1. The van der Waals surface area contributed by atoms with Crippen molar-refractivity contribution in [2.24, 2.45) is 5.92 Å². The summed E-state index contributed by atoms with van der Waals surface area (Å²) in [5.74, 6) is 0.327. The van der Waals surface area contributed by atoms with E-state index >= 15 is 0 Å². The lowest BCUT2D eigenvalue weighted by Crippen LogP contribution is -2.07. The Balaban J connectivity index is 2.47. The van der Waals surface area contributed by atoms with E-state index in [0.29, 0.717) is 0 Å². The van der Waals surface area contributed by atoms with Crippen LogP contribution in [-0.2, 0) is 6.42 Å². The first-order valence-electron chi connectivity index (χ1n) is 6.78. The second-order valence-corrected chi connectivity index (χ2v) is 5.03. The van der Waals surface area contributed by atoms with Crippen molar-refractivity contribution >= 4 is 5.78 Å². The van der Waals surface area contributed by atoms with Crippen LogP contribution in [0, 0.1) is 5.92 Å². The van der Waals surface area contributed by atoms with Crippen LogP contribution in [0.1, 0.15) is 62.4 Å². The molecule has 0 amide bonds. The number of carbonyl (C=O) groups excluding carboxylic acids is 1. The Kier molecular flexibility index (Phi) is 5.96. The topological polar surface area (TPSA) is 17.1 Å². The third-order valence-electron chi connectivity index (χ3n) is 3.08. The van der Waals surface area contributed by atoms with Gasteiger partial charge in [0.2, 0.25) is 0 Å². The highest BCUT2D eigenvalue weighted by Crippen LogP contribution is 2.12. The fraction of sp³-hybridized carbons (Fsp3) is 0.562. The van der Waals surface area contributed by atoms with E-state index in [1.54, 1.807) is 0 Å². The molecule has 0 aliphatic carbocycles. The van der Waals surface area contributed by atoms with Gasteiger partial charge in [-0.05, 0) is 18.4 Å². The number of rotatable bonds is 7. The summed E-state index contributed by atoms with van der Waals surface area (Å²) in [5.41, 5.74) is 2.19. The monoisotopic (exact) mass is 232 g/mol. The predicted molar refractivity (Wildman–Crippen MR) is 73.5 cm³/mol. The van der Waals surface area contributed by atoms with E-state index in [0.717, 1.165) is 12.0 Å². The number of benzene rings is 1. The fourth-order valence-corrected chi connectivity index (χ4v) is 1.92. The number of carbonyl (C=O) groups is 1. The van der Waals surface area contributed by atoms with Crippen LogP contribution in [0.2, 0.25) is 0 Å². The first-order chi connectivity index (χ1) is 8.15. The first kappa shape index (κ1) is 14.0. The Labute approximate surface area is 105 Å². The van der Waals surface area contributed by atoms with Gasteiger partial charge in [0.1, 0.15) is 0 Å². The van der Waals surface area contributed by atoms with E-state index in [1.807, 2.05) is 26.0 Å². The summed E-state index contributed by atoms with van der Waals surface area (Å²) >= 11 is 0. The van der Waals surface area contributed by atoms with Crippen molar-refractivity contribution < 1.29 is 4.79 Å². The molecular formula is C16H24O. The van der Waals surface area contributed by atoms with Crippen LogP contribution in [0.25, 0.3) is 0 Å². The third-order valence-corrected chi connectivity index (χ3v) is 3.08. The molecule has 1 nitrogen and oxygen atoms in total. The Bertz CT molecular complexity index is 335. The molecule has 0 unspecified atom stereocenters. The van der Waals surface area contributed by atoms with Gasteiger partial charge in [-0.1, -0.05) is 64.3 Å². The standard InChI is InChI=1S/C16H24O/c1-4-5-6-7-8-14-9-11-15(12-10-14)16(17)13(2)3/h9-13H,4-8H2,1-3H3. The second kappa shape index (κ2) is 7.26.